The molecule has 20 heavy (non-hydrogen) atoms. The SMILES string of the molecule is CCOC(=O)c1cn2c3c(ccc(N)c3c1=O)CCC2. The van der Waals surface area contributed by atoms with E-state index in [1.807, 2.05) is 10.6 Å². The normalized spacial score (nSPS) is 13.4. The topological polar surface area (TPSA) is 74.3 Å². The van der Waals surface area contributed by atoms with Crippen LogP contribution in [0.2, 0.25) is 0 Å². The van der Waals surface area contributed by atoms with Crippen molar-refractivity contribution in [3.8, 4) is 0 Å². The molecule has 2 heterocycles. The first-order valence-corrected chi connectivity index (χ1v) is 6.75. The maximum atomic E-state index is 12.5. The van der Waals surface area contributed by atoms with Gasteiger partial charge in [-0.15, -0.1) is 0 Å². The minimum absolute atomic E-state index is 0.0603. The molecule has 1 aliphatic heterocycles. The first-order valence-electron chi connectivity index (χ1n) is 6.75. The van der Waals surface area contributed by atoms with Crippen molar-refractivity contribution in [2.75, 3.05) is 12.3 Å². The van der Waals surface area contributed by atoms with Gasteiger partial charge in [0.2, 0.25) is 5.43 Å². The van der Waals surface area contributed by atoms with Crippen molar-refractivity contribution in [1.82, 2.24) is 4.57 Å². The Labute approximate surface area is 116 Å². The van der Waals surface area contributed by atoms with Crippen molar-refractivity contribution in [1.29, 1.82) is 0 Å². The van der Waals surface area contributed by atoms with Crippen molar-refractivity contribution in [3.63, 3.8) is 0 Å². The highest BCUT2D eigenvalue weighted by Gasteiger charge is 2.21. The summed E-state index contributed by atoms with van der Waals surface area (Å²) in [4.78, 5) is 24.4. The van der Waals surface area contributed by atoms with Crippen molar-refractivity contribution in [2.45, 2.75) is 26.3 Å². The molecule has 0 aliphatic carbocycles. The summed E-state index contributed by atoms with van der Waals surface area (Å²) in [5, 5.41) is 0.438. The average molecular weight is 272 g/mol. The van der Waals surface area contributed by atoms with Gasteiger partial charge in [0.25, 0.3) is 0 Å². The Bertz CT molecular complexity index is 762. The molecule has 5 heteroatoms. The summed E-state index contributed by atoms with van der Waals surface area (Å²) in [5.41, 5.74) is 8.05. The van der Waals surface area contributed by atoms with Gasteiger partial charge in [0, 0.05) is 18.4 Å². The van der Waals surface area contributed by atoms with Gasteiger partial charge in [0.15, 0.2) is 0 Å². The van der Waals surface area contributed by atoms with Gasteiger partial charge in [0.1, 0.15) is 5.56 Å². The van der Waals surface area contributed by atoms with Crippen molar-refractivity contribution < 1.29 is 9.53 Å². The molecule has 0 fully saturated rings. The van der Waals surface area contributed by atoms with E-state index in [0.717, 1.165) is 30.5 Å². The Morgan fingerprint density at radius 1 is 1.45 bits per heavy atom. The summed E-state index contributed by atoms with van der Waals surface area (Å²) in [6, 6.07) is 3.69. The summed E-state index contributed by atoms with van der Waals surface area (Å²) in [7, 11) is 0. The number of ether oxygens (including phenoxy) is 1. The van der Waals surface area contributed by atoms with E-state index in [0.29, 0.717) is 11.1 Å². The predicted octanol–water partition coefficient (Wildman–Crippen LogP) is 1.71. The maximum Gasteiger partial charge on any atom is 0.343 e. The van der Waals surface area contributed by atoms with Crippen molar-refractivity contribution in [3.05, 3.63) is 39.7 Å². The molecule has 1 aromatic carbocycles. The lowest BCUT2D eigenvalue weighted by Crippen LogP contribution is -2.24. The van der Waals surface area contributed by atoms with Crippen LogP contribution >= 0.6 is 0 Å². The van der Waals surface area contributed by atoms with Gasteiger partial charge in [-0.3, -0.25) is 4.79 Å². The molecule has 0 amide bonds. The zero-order valence-corrected chi connectivity index (χ0v) is 11.3. The van der Waals surface area contributed by atoms with Crippen LogP contribution in [0, 0.1) is 0 Å². The van der Waals surface area contributed by atoms with Gasteiger partial charge in [-0.1, -0.05) is 6.07 Å². The summed E-state index contributed by atoms with van der Waals surface area (Å²) in [6.07, 6.45) is 3.51. The van der Waals surface area contributed by atoms with Crippen molar-refractivity contribution in [2.24, 2.45) is 0 Å². The number of esters is 1. The number of nitrogen functional groups attached to an aromatic ring is 1. The molecule has 0 spiro atoms. The molecule has 0 atom stereocenters. The summed E-state index contributed by atoms with van der Waals surface area (Å²) in [6.45, 7) is 2.73. The highest BCUT2D eigenvalue weighted by Crippen LogP contribution is 2.27. The molecule has 1 aromatic heterocycles. The number of nitrogens with zero attached hydrogens (tertiary/aromatic N) is 1. The fourth-order valence-electron chi connectivity index (χ4n) is 2.80. The second-order valence-corrected chi connectivity index (χ2v) is 4.93. The van der Waals surface area contributed by atoms with E-state index in [2.05, 4.69) is 0 Å². The zero-order valence-electron chi connectivity index (χ0n) is 11.3. The molecule has 2 N–H and O–H groups in total. The number of nitrogens with two attached hydrogens (primary N) is 1. The van der Waals surface area contributed by atoms with Crippen LogP contribution in [-0.4, -0.2) is 17.1 Å². The molecule has 104 valence electrons. The first kappa shape index (κ1) is 12.7. The monoisotopic (exact) mass is 272 g/mol. The Morgan fingerprint density at radius 2 is 2.25 bits per heavy atom. The van der Waals surface area contributed by atoms with Crippen LogP contribution in [0.15, 0.2) is 23.1 Å². The second kappa shape index (κ2) is 4.67. The van der Waals surface area contributed by atoms with Crippen LogP contribution in [0.5, 0.6) is 0 Å². The van der Waals surface area contributed by atoms with E-state index >= 15 is 0 Å². The van der Waals surface area contributed by atoms with Crippen LogP contribution in [0.25, 0.3) is 10.9 Å². The van der Waals surface area contributed by atoms with Gasteiger partial charge in [-0.25, -0.2) is 4.79 Å². The molecule has 0 bridgehead atoms. The summed E-state index contributed by atoms with van der Waals surface area (Å²) >= 11 is 0. The third-order valence-corrected chi connectivity index (χ3v) is 3.68. The number of anilines is 1. The number of pyridine rings is 1. The lowest BCUT2D eigenvalue weighted by molar-refractivity contribution is 0.0524. The lowest BCUT2D eigenvalue weighted by atomic mass is 9.98. The minimum Gasteiger partial charge on any atom is -0.462 e. The molecule has 0 saturated carbocycles. The predicted molar refractivity (Wildman–Crippen MR) is 76.9 cm³/mol. The minimum atomic E-state index is -0.585. The summed E-state index contributed by atoms with van der Waals surface area (Å²) in [5.74, 6) is -0.585. The number of hydrogen-bond acceptors (Lipinski definition) is 4. The number of aryl methyl sites for hydroxylation is 2. The number of carbonyl (C=O) groups excluding carboxylic acids is 1. The number of rotatable bonds is 2. The van der Waals surface area contributed by atoms with Crippen LogP contribution in [0.4, 0.5) is 5.69 Å². The molecule has 0 unspecified atom stereocenters. The van der Waals surface area contributed by atoms with E-state index in [9.17, 15) is 9.59 Å². The van der Waals surface area contributed by atoms with Crippen LogP contribution in [0.1, 0.15) is 29.3 Å². The Kier molecular flexibility index (Phi) is 2.97. The molecule has 1 aliphatic rings. The smallest absolute Gasteiger partial charge is 0.343 e. The standard InChI is InChI=1S/C15H16N2O3/c1-2-20-15(19)10-8-17-7-3-4-9-5-6-11(16)12(13(9)17)14(10)18/h5-6,8H,2-4,7,16H2,1H3. The second-order valence-electron chi connectivity index (χ2n) is 4.93. The van der Waals surface area contributed by atoms with E-state index in [1.165, 1.54) is 0 Å². The van der Waals surface area contributed by atoms with Crippen LogP contribution in [0.3, 0.4) is 0 Å². The van der Waals surface area contributed by atoms with Gasteiger partial charge in [0.05, 0.1) is 17.5 Å². The van der Waals surface area contributed by atoms with E-state index in [-0.39, 0.29) is 17.6 Å². The van der Waals surface area contributed by atoms with E-state index in [1.54, 1.807) is 19.2 Å². The number of hydrogen-bond donors (Lipinski definition) is 1. The van der Waals surface area contributed by atoms with E-state index < -0.39 is 5.97 Å². The molecule has 3 rings (SSSR count). The third-order valence-electron chi connectivity index (χ3n) is 3.68. The highest BCUT2D eigenvalue weighted by atomic mass is 16.5. The first-order chi connectivity index (χ1) is 9.63. The molecular formula is C15H16N2O3. The van der Waals surface area contributed by atoms with Gasteiger partial charge < -0.3 is 15.0 Å². The lowest BCUT2D eigenvalue weighted by Gasteiger charge is -2.21. The van der Waals surface area contributed by atoms with Gasteiger partial charge in [-0.05, 0) is 31.4 Å². The summed E-state index contributed by atoms with van der Waals surface area (Å²) < 4.78 is 6.89. The number of aromatic nitrogens is 1. The Hall–Kier alpha value is -2.30. The number of carbonyl (C=O) groups is 1. The maximum absolute atomic E-state index is 12.5. The van der Waals surface area contributed by atoms with Crippen molar-refractivity contribution >= 4 is 22.6 Å². The Balaban J connectivity index is 2.37. The van der Waals surface area contributed by atoms with Gasteiger partial charge >= 0.3 is 5.97 Å². The quantitative estimate of drug-likeness (QED) is 0.667. The molecule has 5 nitrogen and oxygen atoms in total. The number of benzene rings is 1. The molecule has 0 radical (unpaired) electrons. The van der Waals surface area contributed by atoms with Crippen LogP contribution in [-0.2, 0) is 17.7 Å². The molecule has 0 saturated heterocycles. The highest BCUT2D eigenvalue weighted by molar-refractivity contribution is 5.99. The van der Waals surface area contributed by atoms with Crippen LogP contribution < -0.4 is 11.2 Å². The zero-order chi connectivity index (χ0) is 14.3. The molecular weight excluding hydrogens is 256 g/mol. The Morgan fingerprint density at radius 3 is 3.00 bits per heavy atom. The molecule has 2 aromatic rings. The fourth-order valence-corrected chi connectivity index (χ4v) is 2.80. The van der Waals surface area contributed by atoms with Gasteiger partial charge in [-0.2, -0.15) is 0 Å². The fraction of sp³-hybridized carbons (Fsp3) is 0.333. The van der Waals surface area contributed by atoms with E-state index in [4.69, 9.17) is 10.5 Å². The largest absolute Gasteiger partial charge is 0.462 e. The third kappa shape index (κ3) is 1.78. The average Bonchev–Trinajstić information content (AvgIpc) is 2.44.